The van der Waals surface area contributed by atoms with Gasteiger partial charge >= 0.3 is 0 Å². The van der Waals surface area contributed by atoms with E-state index in [1.165, 1.54) is 0 Å². The lowest BCUT2D eigenvalue weighted by atomic mass is 10.0. The van der Waals surface area contributed by atoms with Crippen LogP contribution in [0, 0.1) is 0 Å². The van der Waals surface area contributed by atoms with Crippen LogP contribution in [0.5, 0.6) is 0 Å². The largest absolute Gasteiger partial charge is 0.388 e. The molecule has 0 aromatic rings. The van der Waals surface area contributed by atoms with Crippen molar-refractivity contribution in [2.24, 2.45) is 0 Å². The Labute approximate surface area is 74.4 Å². The molecule has 0 saturated heterocycles. The number of unbranched alkanes of at least 4 members (excludes halogenated alkanes) is 1. The molecule has 2 N–H and O–H groups in total. The van der Waals surface area contributed by atoms with E-state index >= 15 is 0 Å². The molecule has 0 radical (unpaired) electrons. The number of hydrogen-bond donors (Lipinski definition) is 2. The van der Waals surface area contributed by atoms with Crippen LogP contribution in [0.2, 0.25) is 0 Å². The second-order valence-electron chi connectivity index (χ2n) is 3.60. The Bertz CT molecular complexity index is 107. The summed E-state index contributed by atoms with van der Waals surface area (Å²) >= 11 is 0. The van der Waals surface area contributed by atoms with Gasteiger partial charge in [0.2, 0.25) is 0 Å². The molecule has 0 fully saturated rings. The van der Waals surface area contributed by atoms with Crippen molar-refractivity contribution in [2.45, 2.75) is 45.3 Å². The van der Waals surface area contributed by atoms with Crippen molar-refractivity contribution in [3.8, 4) is 0 Å². The van der Waals surface area contributed by atoms with Crippen LogP contribution in [0.4, 0.5) is 0 Å². The summed E-state index contributed by atoms with van der Waals surface area (Å²) < 4.78 is 5.15. The van der Waals surface area contributed by atoms with Crippen LogP contribution >= 0.6 is 0 Å². The van der Waals surface area contributed by atoms with E-state index in [4.69, 9.17) is 4.74 Å². The second kappa shape index (κ2) is 5.51. The first-order valence-electron chi connectivity index (χ1n) is 4.46. The average molecular weight is 176 g/mol. The third kappa shape index (κ3) is 5.52. The minimum Gasteiger partial charge on any atom is -0.388 e. The molecule has 0 saturated carbocycles. The van der Waals surface area contributed by atoms with Gasteiger partial charge in [-0.25, -0.2) is 0 Å². The zero-order valence-corrected chi connectivity index (χ0v) is 8.21. The molecule has 0 amide bonds. The predicted octanol–water partition coefficient (Wildman–Crippen LogP) is 0.935. The van der Waals surface area contributed by atoms with Crippen LogP contribution in [-0.4, -0.2) is 35.1 Å². The Kier molecular flexibility index (Phi) is 5.46. The minimum absolute atomic E-state index is 0.212. The molecule has 0 aliphatic rings. The molecule has 0 aliphatic carbocycles. The summed E-state index contributed by atoms with van der Waals surface area (Å²) in [5.41, 5.74) is -1.06. The lowest BCUT2D eigenvalue weighted by molar-refractivity contribution is -0.0858. The van der Waals surface area contributed by atoms with E-state index in [1.54, 1.807) is 13.8 Å². The molecular formula is C9H20O3. The van der Waals surface area contributed by atoms with Crippen molar-refractivity contribution < 1.29 is 14.9 Å². The number of aliphatic hydroxyl groups is 2. The Morgan fingerprint density at radius 3 is 2.42 bits per heavy atom. The Morgan fingerprint density at radius 1 is 1.42 bits per heavy atom. The normalized spacial score (nSPS) is 14.8. The molecule has 1 atom stereocenters. The van der Waals surface area contributed by atoms with E-state index in [2.05, 4.69) is 6.92 Å². The number of aliphatic hydroxyl groups excluding tert-OH is 1. The average Bonchev–Trinajstić information content (AvgIpc) is 1.96. The van der Waals surface area contributed by atoms with Crippen LogP contribution in [0.25, 0.3) is 0 Å². The van der Waals surface area contributed by atoms with E-state index in [-0.39, 0.29) is 6.61 Å². The minimum atomic E-state index is -1.06. The zero-order valence-electron chi connectivity index (χ0n) is 8.21. The number of ether oxygens (including phenoxy) is 1. The summed E-state index contributed by atoms with van der Waals surface area (Å²) in [6.45, 7) is 6.09. The smallest absolute Gasteiger partial charge is 0.105 e. The molecule has 0 aromatic carbocycles. The van der Waals surface area contributed by atoms with Gasteiger partial charge in [0.1, 0.15) is 6.10 Å². The van der Waals surface area contributed by atoms with Crippen LogP contribution in [0.1, 0.15) is 33.6 Å². The van der Waals surface area contributed by atoms with Gasteiger partial charge in [0.05, 0.1) is 12.2 Å². The van der Waals surface area contributed by atoms with Gasteiger partial charge in [0.15, 0.2) is 0 Å². The van der Waals surface area contributed by atoms with Gasteiger partial charge in [0.25, 0.3) is 0 Å². The Hall–Kier alpha value is -0.120. The molecule has 3 nitrogen and oxygen atoms in total. The molecule has 0 aliphatic heterocycles. The Morgan fingerprint density at radius 2 is 2.00 bits per heavy atom. The molecule has 0 heterocycles. The van der Waals surface area contributed by atoms with Gasteiger partial charge in [-0.05, 0) is 20.3 Å². The second-order valence-corrected chi connectivity index (χ2v) is 3.60. The van der Waals surface area contributed by atoms with Crippen molar-refractivity contribution in [3.63, 3.8) is 0 Å². The van der Waals surface area contributed by atoms with Crippen LogP contribution in [0.15, 0.2) is 0 Å². The Balaban J connectivity index is 3.38. The highest BCUT2D eigenvalue weighted by Gasteiger charge is 2.24. The summed E-state index contributed by atoms with van der Waals surface area (Å²) in [5.74, 6) is 0. The first-order valence-corrected chi connectivity index (χ1v) is 4.46. The van der Waals surface area contributed by atoms with Gasteiger partial charge in [-0.1, -0.05) is 13.3 Å². The summed E-state index contributed by atoms with van der Waals surface area (Å²) in [6, 6.07) is 0. The molecule has 0 spiro atoms. The van der Waals surface area contributed by atoms with Crippen molar-refractivity contribution >= 4 is 0 Å². The predicted molar refractivity (Wildman–Crippen MR) is 48.0 cm³/mol. The van der Waals surface area contributed by atoms with E-state index in [0.717, 1.165) is 12.8 Å². The first kappa shape index (κ1) is 11.9. The molecule has 0 aromatic heterocycles. The molecular weight excluding hydrogens is 156 g/mol. The maximum Gasteiger partial charge on any atom is 0.105 e. The molecule has 0 rings (SSSR count). The van der Waals surface area contributed by atoms with Gasteiger partial charge < -0.3 is 14.9 Å². The SMILES string of the molecule is CCCCOCC(O)C(C)(C)O. The van der Waals surface area contributed by atoms with Crippen molar-refractivity contribution in [1.29, 1.82) is 0 Å². The summed E-state index contributed by atoms with van der Waals surface area (Å²) in [6.07, 6.45) is 1.28. The van der Waals surface area contributed by atoms with Crippen molar-refractivity contribution in [2.75, 3.05) is 13.2 Å². The van der Waals surface area contributed by atoms with Gasteiger partial charge in [-0.15, -0.1) is 0 Å². The highest BCUT2D eigenvalue weighted by atomic mass is 16.5. The molecule has 74 valence electrons. The van der Waals surface area contributed by atoms with Gasteiger partial charge in [-0.2, -0.15) is 0 Å². The highest BCUT2D eigenvalue weighted by molar-refractivity contribution is 4.75. The monoisotopic (exact) mass is 176 g/mol. The third-order valence-corrected chi connectivity index (χ3v) is 1.73. The van der Waals surface area contributed by atoms with Gasteiger partial charge in [0, 0.05) is 6.61 Å². The summed E-state index contributed by atoms with van der Waals surface area (Å²) in [5, 5.41) is 18.6. The third-order valence-electron chi connectivity index (χ3n) is 1.73. The molecule has 1 unspecified atom stereocenters. The molecule has 3 heteroatoms. The highest BCUT2D eigenvalue weighted by Crippen LogP contribution is 2.08. The van der Waals surface area contributed by atoms with E-state index in [9.17, 15) is 10.2 Å². The van der Waals surface area contributed by atoms with Crippen LogP contribution in [0.3, 0.4) is 0 Å². The zero-order chi connectivity index (χ0) is 9.61. The lowest BCUT2D eigenvalue weighted by Gasteiger charge is -2.24. The topological polar surface area (TPSA) is 49.7 Å². The molecule has 0 bridgehead atoms. The van der Waals surface area contributed by atoms with Crippen LogP contribution in [-0.2, 0) is 4.74 Å². The standard InChI is InChI=1S/C9H20O3/c1-4-5-6-12-7-8(10)9(2,3)11/h8,10-11H,4-7H2,1-3H3. The first-order chi connectivity index (χ1) is 5.48. The number of rotatable bonds is 6. The lowest BCUT2D eigenvalue weighted by Crippen LogP contribution is -2.39. The fourth-order valence-corrected chi connectivity index (χ4v) is 0.645. The quantitative estimate of drug-likeness (QED) is 0.592. The number of hydrogen-bond acceptors (Lipinski definition) is 3. The van der Waals surface area contributed by atoms with E-state index in [0.29, 0.717) is 6.61 Å². The van der Waals surface area contributed by atoms with Gasteiger partial charge in [-0.3, -0.25) is 0 Å². The van der Waals surface area contributed by atoms with E-state index < -0.39 is 11.7 Å². The van der Waals surface area contributed by atoms with Crippen molar-refractivity contribution in [1.82, 2.24) is 0 Å². The fraction of sp³-hybridized carbons (Fsp3) is 1.00. The fourth-order valence-electron chi connectivity index (χ4n) is 0.645. The summed E-state index contributed by atoms with van der Waals surface area (Å²) in [7, 11) is 0. The molecule has 12 heavy (non-hydrogen) atoms. The van der Waals surface area contributed by atoms with Crippen molar-refractivity contribution in [3.05, 3.63) is 0 Å². The van der Waals surface area contributed by atoms with E-state index in [1.807, 2.05) is 0 Å². The maximum atomic E-state index is 9.31. The summed E-state index contributed by atoms with van der Waals surface area (Å²) in [4.78, 5) is 0. The van der Waals surface area contributed by atoms with Crippen LogP contribution < -0.4 is 0 Å². The maximum absolute atomic E-state index is 9.31.